The monoisotopic (exact) mass is 2400 g/mol. The Morgan fingerprint density at radius 1 is 0.313 bits per heavy atom. The van der Waals surface area contributed by atoms with Gasteiger partial charge < -0.3 is 86.6 Å². The van der Waals surface area contributed by atoms with Gasteiger partial charge in [-0.05, 0) is 184 Å². The lowest BCUT2D eigenvalue weighted by Gasteiger charge is -2.06. The van der Waals surface area contributed by atoms with Crippen LogP contribution in [-0.4, -0.2) is 201 Å². The average molecular weight is 2410 g/mol. The van der Waals surface area contributed by atoms with Gasteiger partial charge in [0.15, 0.2) is 14.6 Å². The number of furan rings is 3. The van der Waals surface area contributed by atoms with Crippen LogP contribution in [0, 0.1) is 0 Å². The standard InChI is InChI=1S/C28H20O8S5.C26H20O7S2.C18H14B2I2O4S.C18H16B2O4S.C5H5BO4S.C4H5BO2S/c1-35-23(29)11-13-9-21(15-3-7-19(37-15)27(31)32)40-25(13)17-5-6-18(39-17)26-14(12-24(30)36-2)10-22(41-26)16-4-8-20(38-16)28(33)34;1-29-23(27)13-15-11-21(17-5-3-9-31-17)34-25(15)19-7-8-20(33-19)26-16(14-24(28)30-2)12-22(35-26)18-6-4-10-32-18;1-25-15(23)7-9-5-13(21)19-17(9)11-3-4-12(27-11)18-10(6-14(22)20-18)8-16(24)26-2;1-23-15(21)9-11-5-7-19-17(11)13-3-4-14(25-13)18-12(6-8-20-18)10-16(22)24-2;7-5(8)3-1-2-4(11-3)6(9)10;6-5(7)4-2-1-3-8-4/h3-10H,11-12H2,1-2H3,(H,31,32)(H,33,34);3-12H,13-14H2,1-2H3;3-6H,7-8H2,1-2H3;3-8H,9-10H2,1-2H3;1-2,9-10H,(H,7,8);1-3,6-7H. The predicted molar refractivity (Wildman–Crippen MR) is 599 cm³/mol. The molecule has 0 aromatic carbocycles. The fourth-order valence-electron chi connectivity index (χ4n) is 14.3. The SMILES string of the molecule is COC(=O)CC1=C(c2ccc(C3=C(CC(=O)OC)C=C(I)[B]3)s2)[B]C(I)=C1.COC(=O)CC1=C(c2ccc(C3=C(CC(=O)OC)C=C[B]3)s2)[B]C=C1.COC(=O)Cc1cc(-c2ccc(C(=O)O)s2)sc1-c1ccc(-c2sc(-c3ccc(C(=O)O)s3)cc2CC(=O)OC)s1.COC(=O)Cc1cc(-c2ccco2)sc1-c1ccc(-c2sc(-c3ccco3)cc2CC(=O)OC)o1.O=C(O)c1ccc(B(O)O)s1.OB(O)c1cccs1. The third-order valence-electron chi connectivity index (χ3n) is 21.3. The van der Waals surface area contributed by atoms with Crippen molar-refractivity contribution < 1.29 is 139 Å². The molecular weight excluding hydrogens is 2320 g/mol. The summed E-state index contributed by atoms with van der Waals surface area (Å²) in [7, 11) is 16.3. The highest BCUT2D eigenvalue weighted by atomic mass is 127. The summed E-state index contributed by atoms with van der Waals surface area (Å²) in [4.78, 5) is 143. The van der Waals surface area contributed by atoms with Gasteiger partial charge in [0.25, 0.3) is 0 Å². The van der Waals surface area contributed by atoms with Crippen molar-refractivity contribution in [2.75, 3.05) is 56.9 Å². The highest BCUT2D eigenvalue weighted by Crippen LogP contribution is 2.51. The van der Waals surface area contributed by atoms with Crippen LogP contribution >= 0.6 is 170 Å². The number of carboxylic acids is 3. The molecule has 0 saturated carbocycles. The molecule has 0 amide bonds. The lowest BCUT2D eigenvalue weighted by molar-refractivity contribution is -0.140. The number of hydrogen-bond donors (Lipinski definition) is 7. The second-order valence-corrected chi connectivity index (χ2v) is 45.1. The highest BCUT2D eigenvalue weighted by Gasteiger charge is 2.31. The Morgan fingerprint density at radius 2 is 0.633 bits per heavy atom. The molecule has 48 heteroatoms. The van der Waals surface area contributed by atoms with E-state index in [1.807, 2.05) is 136 Å². The van der Waals surface area contributed by atoms with Crippen molar-refractivity contribution in [1.82, 2.24) is 0 Å². The summed E-state index contributed by atoms with van der Waals surface area (Å²) in [5.41, 5.74) is 11.2. The van der Waals surface area contributed by atoms with Gasteiger partial charge in [0.2, 0.25) is 14.6 Å². The Kier molecular flexibility index (Phi) is 40.9. The minimum Gasteiger partial charge on any atom is -0.477 e. The molecule has 0 spiro atoms. The van der Waals surface area contributed by atoms with E-state index in [0.717, 1.165) is 163 Å². The number of methoxy groups -OCH3 is 8. The van der Waals surface area contributed by atoms with Crippen LogP contribution in [0.25, 0.3) is 103 Å². The van der Waals surface area contributed by atoms with Crippen LogP contribution in [0.1, 0.15) is 96.5 Å². The Labute approximate surface area is 915 Å². The summed E-state index contributed by atoms with van der Waals surface area (Å²) in [6.45, 7) is 0. The first-order chi connectivity index (χ1) is 70.6. The molecule has 18 rings (SSSR count). The van der Waals surface area contributed by atoms with Crippen LogP contribution in [0.5, 0.6) is 0 Å². The van der Waals surface area contributed by atoms with Crippen LogP contribution < -0.4 is 9.55 Å². The smallest absolute Gasteiger partial charge is 0.477 e. The van der Waals surface area contributed by atoms with Crippen LogP contribution in [0.15, 0.2) is 242 Å². The van der Waals surface area contributed by atoms with Crippen molar-refractivity contribution in [2.24, 2.45) is 0 Å². The molecule has 14 aromatic heterocycles. The number of carbonyl (C=O) groups is 11. The number of ether oxygens (including phenoxy) is 8. The molecule has 4 aliphatic heterocycles. The quantitative estimate of drug-likeness (QED) is 0.00869. The number of thiophene rings is 11. The molecule has 0 bridgehead atoms. The molecule has 0 aliphatic carbocycles. The van der Waals surface area contributed by atoms with Gasteiger partial charge in [-0.1, -0.05) is 110 Å². The second-order valence-electron chi connectivity index (χ2n) is 30.9. The zero-order valence-electron chi connectivity index (χ0n) is 78.5. The summed E-state index contributed by atoms with van der Waals surface area (Å²) in [5.74, 6) is 1.04. The van der Waals surface area contributed by atoms with E-state index in [2.05, 4.69) is 71.9 Å². The predicted octanol–water partition coefficient (Wildman–Crippen LogP) is 19.8. The molecule has 18 heterocycles. The zero-order chi connectivity index (χ0) is 105. The molecule has 4 radical (unpaired) electrons. The van der Waals surface area contributed by atoms with E-state index in [0.29, 0.717) is 27.8 Å². The topological polar surface area (TPSA) is 443 Å². The van der Waals surface area contributed by atoms with E-state index in [-0.39, 0.29) is 119 Å². The summed E-state index contributed by atoms with van der Waals surface area (Å²) < 4.78 is 59.1. The fourth-order valence-corrected chi connectivity index (χ4v) is 27.0. The minimum absolute atomic E-state index is 0.0633. The van der Waals surface area contributed by atoms with Crippen LogP contribution in [0.2, 0.25) is 0 Å². The van der Waals surface area contributed by atoms with E-state index in [9.17, 15) is 63.0 Å². The van der Waals surface area contributed by atoms with Crippen molar-refractivity contribution in [1.29, 1.82) is 0 Å². The van der Waals surface area contributed by atoms with E-state index >= 15 is 0 Å². The van der Waals surface area contributed by atoms with Crippen molar-refractivity contribution >= 4 is 310 Å². The number of aromatic carboxylic acids is 3. The van der Waals surface area contributed by atoms with Crippen molar-refractivity contribution in [2.45, 2.75) is 51.4 Å². The molecule has 147 heavy (non-hydrogen) atoms. The molecular formula is C99H80B6I2O29S11. The first-order valence-corrected chi connectivity index (χ1v) is 54.6. The fraction of sp³-hybridized carbons (Fsp3) is 0.162. The van der Waals surface area contributed by atoms with Gasteiger partial charge in [-0.25, -0.2) is 14.4 Å². The van der Waals surface area contributed by atoms with Gasteiger partial charge in [0.1, 0.15) is 37.7 Å². The Hall–Kier alpha value is -11.7. The van der Waals surface area contributed by atoms with E-state index < -0.39 is 32.1 Å². The average Bonchev–Trinajstić information content (AvgIpc) is 1.63. The Bertz CT molecular complexity index is 7070. The van der Waals surface area contributed by atoms with E-state index in [4.69, 9.17) is 76.3 Å². The lowest BCUT2D eigenvalue weighted by Crippen LogP contribution is -2.26. The number of rotatable bonds is 33. The molecule has 7 N–H and O–H groups in total. The molecule has 4 aliphatic rings. The molecule has 14 aromatic rings. The summed E-state index contributed by atoms with van der Waals surface area (Å²) in [6.07, 6.45) is 12.5. The maximum absolute atomic E-state index is 12.2. The number of carbonyl (C=O) groups excluding carboxylic acids is 8. The summed E-state index contributed by atoms with van der Waals surface area (Å²) in [6, 6.07) is 43.7. The van der Waals surface area contributed by atoms with Gasteiger partial charge in [-0.3, -0.25) is 38.4 Å². The van der Waals surface area contributed by atoms with Crippen molar-refractivity contribution in [3.8, 4) is 81.6 Å². The highest BCUT2D eigenvalue weighted by molar-refractivity contribution is 14.1. The van der Waals surface area contributed by atoms with Gasteiger partial charge in [0.05, 0.1) is 140 Å². The Balaban J connectivity index is 0.000000156. The maximum Gasteiger partial charge on any atom is 0.499 e. The largest absolute Gasteiger partial charge is 0.499 e. The van der Waals surface area contributed by atoms with Gasteiger partial charge in [-0.15, -0.1) is 125 Å². The second kappa shape index (κ2) is 53.5. The molecule has 0 unspecified atom stereocenters. The van der Waals surface area contributed by atoms with Crippen molar-refractivity contribution in [3.05, 3.63) is 285 Å². The molecule has 0 saturated heterocycles. The first kappa shape index (κ1) is 112. The number of carboxylic acid groups (broad SMARTS) is 3. The third-order valence-corrected chi connectivity index (χ3v) is 35.7. The number of allylic oxidation sites excluding steroid dienone is 4. The van der Waals surface area contributed by atoms with E-state index in [1.165, 1.54) is 160 Å². The molecule has 748 valence electrons. The molecule has 0 fully saturated rings. The van der Waals surface area contributed by atoms with E-state index in [1.54, 1.807) is 77.0 Å². The third kappa shape index (κ3) is 29.9. The normalized spacial score (nSPS) is 12.5. The Morgan fingerprint density at radius 3 is 0.952 bits per heavy atom. The summed E-state index contributed by atoms with van der Waals surface area (Å²) >= 11 is 19.7. The van der Waals surface area contributed by atoms with Crippen LogP contribution in [0.3, 0.4) is 0 Å². The maximum atomic E-state index is 12.2. The van der Waals surface area contributed by atoms with Crippen LogP contribution in [0.4, 0.5) is 0 Å². The van der Waals surface area contributed by atoms with Crippen molar-refractivity contribution in [3.63, 3.8) is 0 Å². The minimum atomic E-state index is -1.58. The molecule has 29 nitrogen and oxygen atoms in total. The van der Waals surface area contributed by atoms with Gasteiger partial charge >= 0.3 is 79.9 Å². The number of esters is 8. The molecule has 0 atom stereocenters. The zero-order valence-corrected chi connectivity index (χ0v) is 91.8. The van der Waals surface area contributed by atoms with Gasteiger partial charge in [0, 0.05) is 68.1 Å². The number of hydrogen-bond acceptors (Lipinski definition) is 37. The van der Waals surface area contributed by atoms with Crippen LogP contribution in [-0.2, 0) is 102 Å². The van der Waals surface area contributed by atoms with Gasteiger partial charge in [-0.2, -0.15) is 11.3 Å². The number of halogens is 2. The summed E-state index contributed by atoms with van der Waals surface area (Å²) in [5, 5.41) is 63.0. The first-order valence-electron chi connectivity index (χ1n) is 43.4. The lowest BCUT2D eigenvalue weighted by atomic mass is 9.70.